The quantitative estimate of drug-likeness (QED) is 0.773. The Kier molecular flexibility index (Phi) is 3.12. The van der Waals surface area contributed by atoms with E-state index in [-0.39, 0.29) is 11.9 Å². The smallest absolute Gasteiger partial charge is 0.221 e. The number of H-pyrrole nitrogens is 1. The summed E-state index contributed by atoms with van der Waals surface area (Å²) in [4.78, 5) is 12.3. The molecule has 3 N–H and O–H groups in total. The second-order valence-corrected chi connectivity index (χ2v) is 5.28. The van der Waals surface area contributed by atoms with Crippen molar-refractivity contribution in [2.24, 2.45) is 0 Å². The second kappa shape index (κ2) is 4.91. The highest BCUT2D eigenvalue weighted by molar-refractivity contribution is 7.13. The van der Waals surface area contributed by atoms with E-state index in [0.717, 1.165) is 17.8 Å². The van der Waals surface area contributed by atoms with Crippen LogP contribution < -0.4 is 10.6 Å². The normalized spacial score (nSPS) is 19.1. The fourth-order valence-electron chi connectivity index (χ4n) is 2.08. The summed E-state index contributed by atoms with van der Waals surface area (Å²) in [7, 11) is 0. The zero-order chi connectivity index (χ0) is 12.4. The van der Waals surface area contributed by atoms with Gasteiger partial charge in [0.05, 0.1) is 16.8 Å². The predicted octanol–water partition coefficient (Wildman–Crippen LogP) is 1.12. The topological polar surface area (TPSA) is 69.8 Å². The van der Waals surface area contributed by atoms with Crippen LogP contribution in [0, 0.1) is 0 Å². The standard InChI is InChI=1S/C12H14N4OS/c17-11-4-9(7-14-11)13-5-8-6-15-16-12(8)10-2-1-3-18-10/h1-3,6,9,13H,4-5,7H2,(H,14,17)(H,15,16). The van der Waals surface area contributed by atoms with Crippen molar-refractivity contribution < 1.29 is 4.79 Å². The average molecular weight is 262 g/mol. The van der Waals surface area contributed by atoms with Crippen molar-refractivity contribution in [2.45, 2.75) is 19.0 Å². The number of thiophene rings is 1. The molecule has 0 aromatic carbocycles. The molecule has 94 valence electrons. The van der Waals surface area contributed by atoms with Crippen LogP contribution in [0.15, 0.2) is 23.7 Å². The molecule has 0 bridgehead atoms. The number of amides is 1. The molecule has 1 aliphatic heterocycles. The van der Waals surface area contributed by atoms with Crippen LogP contribution in [0.2, 0.25) is 0 Å². The van der Waals surface area contributed by atoms with E-state index in [4.69, 9.17) is 0 Å². The van der Waals surface area contributed by atoms with E-state index in [1.54, 1.807) is 11.3 Å². The zero-order valence-corrected chi connectivity index (χ0v) is 10.6. The number of carbonyl (C=O) groups excluding carboxylic acids is 1. The summed E-state index contributed by atoms with van der Waals surface area (Å²) in [5.74, 6) is 0.123. The van der Waals surface area contributed by atoms with Gasteiger partial charge in [-0.25, -0.2) is 0 Å². The van der Waals surface area contributed by atoms with Gasteiger partial charge in [0.15, 0.2) is 0 Å². The molecule has 1 saturated heterocycles. The molecule has 1 atom stereocenters. The first-order valence-corrected chi connectivity index (χ1v) is 6.77. The lowest BCUT2D eigenvalue weighted by Crippen LogP contribution is -2.30. The first kappa shape index (κ1) is 11.4. The molecule has 5 nitrogen and oxygen atoms in total. The van der Waals surface area contributed by atoms with Gasteiger partial charge in [0.1, 0.15) is 0 Å². The number of hydrogen-bond donors (Lipinski definition) is 3. The molecule has 6 heteroatoms. The maximum Gasteiger partial charge on any atom is 0.221 e. The predicted molar refractivity (Wildman–Crippen MR) is 70.2 cm³/mol. The monoisotopic (exact) mass is 262 g/mol. The van der Waals surface area contributed by atoms with Gasteiger partial charge in [-0.2, -0.15) is 5.10 Å². The Labute approximate surface area is 109 Å². The fourth-order valence-corrected chi connectivity index (χ4v) is 2.84. The molecule has 3 rings (SSSR count). The van der Waals surface area contributed by atoms with E-state index in [0.29, 0.717) is 13.0 Å². The highest BCUT2D eigenvalue weighted by Crippen LogP contribution is 2.25. The molecular weight excluding hydrogens is 248 g/mol. The molecule has 2 aromatic rings. The van der Waals surface area contributed by atoms with Crippen LogP contribution in [0.1, 0.15) is 12.0 Å². The molecule has 0 aliphatic carbocycles. The molecule has 3 heterocycles. The summed E-state index contributed by atoms with van der Waals surface area (Å²) in [5, 5.41) is 15.4. The van der Waals surface area contributed by atoms with Crippen LogP contribution >= 0.6 is 11.3 Å². The molecule has 0 spiro atoms. The van der Waals surface area contributed by atoms with Crippen LogP contribution in [-0.4, -0.2) is 28.7 Å². The summed E-state index contributed by atoms with van der Waals surface area (Å²) in [6.45, 7) is 1.44. The third-order valence-corrected chi connectivity index (χ3v) is 3.93. The lowest BCUT2D eigenvalue weighted by atomic mass is 10.2. The van der Waals surface area contributed by atoms with E-state index >= 15 is 0 Å². The first-order chi connectivity index (χ1) is 8.83. The summed E-state index contributed by atoms with van der Waals surface area (Å²) in [6.07, 6.45) is 2.40. The maximum absolute atomic E-state index is 11.1. The van der Waals surface area contributed by atoms with E-state index in [2.05, 4.69) is 26.9 Å². The summed E-state index contributed by atoms with van der Waals surface area (Å²) < 4.78 is 0. The minimum atomic E-state index is 0.123. The highest BCUT2D eigenvalue weighted by Gasteiger charge is 2.21. The van der Waals surface area contributed by atoms with Gasteiger partial charge in [0.25, 0.3) is 0 Å². The lowest BCUT2D eigenvalue weighted by Gasteiger charge is -2.09. The molecule has 18 heavy (non-hydrogen) atoms. The molecule has 1 unspecified atom stereocenters. The largest absolute Gasteiger partial charge is 0.354 e. The Morgan fingerprint density at radius 3 is 3.22 bits per heavy atom. The Bertz CT molecular complexity index is 534. The van der Waals surface area contributed by atoms with E-state index in [1.807, 2.05) is 17.6 Å². The third kappa shape index (κ3) is 2.30. The Morgan fingerprint density at radius 1 is 1.56 bits per heavy atom. The van der Waals surface area contributed by atoms with Crippen LogP contribution in [0.4, 0.5) is 0 Å². The zero-order valence-electron chi connectivity index (χ0n) is 9.77. The first-order valence-electron chi connectivity index (χ1n) is 5.89. The number of rotatable bonds is 4. The Morgan fingerprint density at radius 2 is 2.50 bits per heavy atom. The van der Waals surface area contributed by atoms with E-state index in [1.165, 1.54) is 4.88 Å². The van der Waals surface area contributed by atoms with Crippen LogP contribution in [0.25, 0.3) is 10.6 Å². The van der Waals surface area contributed by atoms with Crippen molar-refractivity contribution in [3.8, 4) is 10.6 Å². The number of nitrogens with zero attached hydrogens (tertiary/aromatic N) is 1. The number of hydrogen-bond acceptors (Lipinski definition) is 4. The van der Waals surface area contributed by atoms with Gasteiger partial charge in [0, 0.05) is 31.1 Å². The van der Waals surface area contributed by atoms with Crippen molar-refractivity contribution >= 4 is 17.2 Å². The van der Waals surface area contributed by atoms with Crippen LogP contribution in [0.5, 0.6) is 0 Å². The molecule has 2 aromatic heterocycles. The fraction of sp³-hybridized carbons (Fsp3) is 0.333. The second-order valence-electron chi connectivity index (χ2n) is 4.33. The van der Waals surface area contributed by atoms with Gasteiger partial charge in [-0.05, 0) is 11.4 Å². The van der Waals surface area contributed by atoms with Crippen LogP contribution in [0.3, 0.4) is 0 Å². The van der Waals surface area contributed by atoms with E-state index < -0.39 is 0 Å². The van der Waals surface area contributed by atoms with E-state index in [9.17, 15) is 4.79 Å². The summed E-state index contributed by atoms with van der Waals surface area (Å²) >= 11 is 1.69. The number of aromatic nitrogens is 2. The minimum Gasteiger partial charge on any atom is -0.354 e. The third-order valence-electron chi connectivity index (χ3n) is 3.04. The van der Waals surface area contributed by atoms with Crippen molar-refractivity contribution in [1.29, 1.82) is 0 Å². The number of carbonyl (C=O) groups is 1. The van der Waals surface area contributed by atoms with Crippen molar-refractivity contribution in [3.05, 3.63) is 29.3 Å². The molecule has 1 amide bonds. The highest BCUT2D eigenvalue weighted by atomic mass is 32.1. The van der Waals surface area contributed by atoms with Gasteiger partial charge in [-0.1, -0.05) is 6.07 Å². The molecule has 1 fully saturated rings. The van der Waals surface area contributed by atoms with Crippen molar-refractivity contribution in [2.75, 3.05) is 6.54 Å². The van der Waals surface area contributed by atoms with Gasteiger partial charge >= 0.3 is 0 Å². The Hall–Kier alpha value is -1.66. The molecular formula is C12H14N4OS. The SMILES string of the molecule is O=C1CC(NCc2cn[nH]c2-c2cccs2)CN1. The maximum atomic E-state index is 11.1. The van der Waals surface area contributed by atoms with Gasteiger partial charge in [-0.3, -0.25) is 9.89 Å². The average Bonchev–Trinajstić information content (AvgIpc) is 3.07. The van der Waals surface area contributed by atoms with Crippen molar-refractivity contribution in [3.63, 3.8) is 0 Å². The summed E-state index contributed by atoms with van der Waals surface area (Å²) in [5.41, 5.74) is 2.20. The van der Waals surface area contributed by atoms with Crippen molar-refractivity contribution in [1.82, 2.24) is 20.8 Å². The van der Waals surface area contributed by atoms with Gasteiger partial charge < -0.3 is 10.6 Å². The van der Waals surface area contributed by atoms with Crippen LogP contribution in [-0.2, 0) is 11.3 Å². The number of nitrogens with one attached hydrogen (secondary N) is 3. The van der Waals surface area contributed by atoms with Gasteiger partial charge in [-0.15, -0.1) is 11.3 Å². The van der Waals surface area contributed by atoms with Gasteiger partial charge in [0.2, 0.25) is 5.91 Å². The minimum absolute atomic E-state index is 0.123. The lowest BCUT2D eigenvalue weighted by molar-refractivity contribution is -0.119. The molecule has 1 aliphatic rings. The molecule has 0 saturated carbocycles. The Balaban J connectivity index is 1.67. The number of aromatic amines is 1. The summed E-state index contributed by atoms with van der Waals surface area (Å²) in [6, 6.07) is 4.32. The molecule has 0 radical (unpaired) electrons.